The number of amides is 1. The van der Waals surface area contributed by atoms with Crippen LogP contribution in [0.1, 0.15) is 52.4 Å². The van der Waals surface area contributed by atoms with Gasteiger partial charge in [0.2, 0.25) is 5.91 Å². The SMILES string of the molecule is CCCC(CCC)C(=O)NCCCCBr. The Bertz CT molecular complexity index is 156. The molecule has 3 heteroatoms. The highest BCUT2D eigenvalue weighted by atomic mass is 79.9. The van der Waals surface area contributed by atoms with Crippen molar-refractivity contribution >= 4 is 21.8 Å². The Morgan fingerprint density at radius 1 is 1.20 bits per heavy atom. The lowest BCUT2D eigenvalue weighted by molar-refractivity contribution is -0.125. The van der Waals surface area contributed by atoms with Gasteiger partial charge in [0, 0.05) is 17.8 Å². The summed E-state index contributed by atoms with van der Waals surface area (Å²) in [6.07, 6.45) is 6.45. The molecule has 0 saturated carbocycles. The van der Waals surface area contributed by atoms with Crippen molar-refractivity contribution in [1.29, 1.82) is 0 Å². The van der Waals surface area contributed by atoms with Crippen molar-refractivity contribution in [2.45, 2.75) is 52.4 Å². The first-order valence-corrected chi connectivity index (χ1v) is 7.22. The van der Waals surface area contributed by atoms with Gasteiger partial charge >= 0.3 is 0 Å². The highest BCUT2D eigenvalue weighted by molar-refractivity contribution is 9.09. The third kappa shape index (κ3) is 7.83. The molecule has 0 fully saturated rings. The molecule has 0 bridgehead atoms. The van der Waals surface area contributed by atoms with E-state index in [4.69, 9.17) is 0 Å². The van der Waals surface area contributed by atoms with Gasteiger partial charge in [-0.15, -0.1) is 0 Å². The lowest BCUT2D eigenvalue weighted by atomic mass is 9.97. The molecule has 0 radical (unpaired) electrons. The van der Waals surface area contributed by atoms with Crippen LogP contribution in [0.25, 0.3) is 0 Å². The Morgan fingerprint density at radius 2 is 1.80 bits per heavy atom. The molecule has 2 nitrogen and oxygen atoms in total. The monoisotopic (exact) mass is 277 g/mol. The third-order valence-corrected chi connectivity index (χ3v) is 3.07. The number of nitrogens with one attached hydrogen (secondary N) is 1. The zero-order valence-corrected chi connectivity index (χ0v) is 11.6. The minimum Gasteiger partial charge on any atom is -0.356 e. The number of unbranched alkanes of at least 4 members (excludes halogenated alkanes) is 1. The van der Waals surface area contributed by atoms with Crippen LogP contribution < -0.4 is 5.32 Å². The Kier molecular flexibility index (Phi) is 10.4. The highest BCUT2D eigenvalue weighted by Crippen LogP contribution is 2.13. The predicted molar refractivity (Wildman–Crippen MR) is 69.3 cm³/mol. The Balaban J connectivity index is 3.70. The highest BCUT2D eigenvalue weighted by Gasteiger charge is 2.15. The molecule has 0 aliphatic heterocycles. The van der Waals surface area contributed by atoms with E-state index >= 15 is 0 Å². The van der Waals surface area contributed by atoms with Crippen molar-refractivity contribution in [3.8, 4) is 0 Å². The van der Waals surface area contributed by atoms with E-state index in [0.717, 1.165) is 50.4 Å². The van der Waals surface area contributed by atoms with Gasteiger partial charge in [0.1, 0.15) is 0 Å². The van der Waals surface area contributed by atoms with Gasteiger partial charge in [-0.25, -0.2) is 0 Å². The van der Waals surface area contributed by atoms with Crippen LogP contribution in [0.3, 0.4) is 0 Å². The summed E-state index contributed by atoms with van der Waals surface area (Å²) in [6, 6.07) is 0. The first-order valence-electron chi connectivity index (χ1n) is 6.09. The molecular weight excluding hydrogens is 254 g/mol. The number of rotatable bonds is 9. The van der Waals surface area contributed by atoms with Gasteiger partial charge in [0.05, 0.1) is 0 Å². The van der Waals surface area contributed by atoms with Crippen molar-refractivity contribution in [3.05, 3.63) is 0 Å². The van der Waals surface area contributed by atoms with Crippen LogP contribution in [-0.2, 0) is 4.79 Å². The Hall–Kier alpha value is -0.0500. The van der Waals surface area contributed by atoms with Gasteiger partial charge in [0.25, 0.3) is 0 Å². The molecule has 0 aromatic carbocycles. The van der Waals surface area contributed by atoms with Crippen LogP contribution in [0.5, 0.6) is 0 Å². The van der Waals surface area contributed by atoms with Gasteiger partial charge in [0.15, 0.2) is 0 Å². The summed E-state index contributed by atoms with van der Waals surface area (Å²) in [6.45, 7) is 5.11. The molecule has 0 saturated heterocycles. The number of hydrogen-bond donors (Lipinski definition) is 1. The molecule has 90 valence electrons. The average Bonchev–Trinajstić information content (AvgIpc) is 2.24. The van der Waals surface area contributed by atoms with Crippen LogP contribution in [0.15, 0.2) is 0 Å². The molecular formula is C12H24BrNO. The maximum atomic E-state index is 11.8. The fourth-order valence-electron chi connectivity index (χ4n) is 1.68. The standard InChI is InChI=1S/C12H24BrNO/c1-3-7-11(8-4-2)12(15)14-10-6-5-9-13/h11H,3-10H2,1-2H3,(H,14,15). The summed E-state index contributed by atoms with van der Waals surface area (Å²) in [4.78, 5) is 11.8. The van der Waals surface area contributed by atoms with Gasteiger partial charge in [-0.05, 0) is 25.7 Å². The van der Waals surface area contributed by atoms with Crippen LogP contribution in [0.4, 0.5) is 0 Å². The normalized spacial score (nSPS) is 10.7. The topological polar surface area (TPSA) is 29.1 Å². The number of halogens is 1. The Labute approximate surface area is 102 Å². The minimum absolute atomic E-state index is 0.240. The summed E-state index contributed by atoms with van der Waals surface area (Å²) >= 11 is 3.38. The van der Waals surface area contributed by atoms with Crippen LogP contribution in [0.2, 0.25) is 0 Å². The van der Waals surface area contributed by atoms with E-state index < -0.39 is 0 Å². The number of hydrogen-bond acceptors (Lipinski definition) is 1. The maximum Gasteiger partial charge on any atom is 0.223 e. The molecule has 1 N–H and O–H groups in total. The minimum atomic E-state index is 0.240. The zero-order chi connectivity index (χ0) is 11.5. The van der Waals surface area contributed by atoms with E-state index in [0.29, 0.717) is 0 Å². The number of alkyl halides is 1. The second kappa shape index (κ2) is 10.5. The largest absolute Gasteiger partial charge is 0.356 e. The molecule has 0 atom stereocenters. The van der Waals surface area contributed by atoms with Gasteiger partial charge in [-0.2, -0.15) is 0 Å². The van der Waals surface area contributed by atoms with Gasteiger partial charge in [-0.1, -0.05) is 42.6 Å². The predicted octanol–water partition coefficient (Wildman–Crippen LogP) is 3.49. The van der Waals surface area contributed by atoms with Gasteiger partial charge in [-0.3, -0.25) is 4.79 Å². The fourth-order valence-corrected chi connectivity index (χ4v) is 2.08. The van der Waals surface area contributed by atoms with E-state index in [1.54, 1.807) is 0 Å². The summed E-state index contributed by atoms with van der Waals surface area (Å²) in [7, 11) is 0. The summed E-state index contributed by atoms with van der Waals surface area (Å²) in [5, 5.41) is 4.05. The molecule has 0 aromatic rings. The molecule has 1 amide bonds. The van der Waals surface area contributed by atoms with Crippen molar-refractivity contribution in [3.63, 3.8) is 0 Å². The van der Waals surface area contributed by atoms with Gasteiger partial charge < -0.3 is 5.32 Å². The quantitative estimate of drug-likeness (QED) is 0.507. The van der Waals surface area contributed by atoms with Crippen LogP contribution >= 0.6 is 15.9 Å². The van der Waals surface area contributed by atoms with E-state index in [1.807, 2.05) is 0 Å². The number of carbonyl (C=O) groups is 1. The van der Waals surface area contributed by atoms with E-state index in [9.17, 15) is 4.79 Å². The summed E-state index contributed by atoms with van der Waals surface area (Å²) in [5.74, 6) is 0.497. The molecule has 0 rings (SSSR count). The van der Waals surface area contributed by atoms with Crippen molar-refractivity contribution in [1.82, 2.24) is 5.32 Å². The lowest BCUT2D eigenvalue weighted by Gasteiger charge is -2.14. The van der Waals surface area contributed by atoms with E-state index in [-0.39, 0.29) is 11.8 Å². The molecule has 0 aromatic heterocycles. The van der Waals surface area contributed by atoms with E-state index in [2.05, 4.69) is 35.1 Å². The molecule has 0 aliphatic rings. The second-order valence-electron chi connectivity index (χ2n) is 3.96. The summed E-state index contributed by atoms with van der Waals surface area (Å²) in [5.41, 5.74) is 0. The maximum absolute atomic E-state index is 11.8. The van der Waals surface area contributed by atoms with Crippen molar-refractivity contribution in [2.75, 3.05) is 11.9 Å². The second-order valence-corrected chi connectivity index (χ2v) is 4.75. The fraction of sp³-hybridized carbons (Fsp3) is 0.917. The van der Waals surface area contributed by atoms with Crippen LogP contribution in [0, 0.1) is 5.92 Å². The smallest absolute Gasteiger partial charge is 0.223 e. The molecule has 0 heterocycles. The summed E-state index contributed by atoms with van der Waals surface area (Å²) < 4.78 is 0. The van der Waals surface area contributed by atoms with Crippen LogP contribution in [-0.4, -0.2) is 17.8 Å². The molecule has 0 spiro atoms. The third-order valence-electron chi connectivity index (χ3n) is 2.50. The Morgan fingerprint density at radius 3 is 2.27 bits per heavy atom. The first-order chi connectivity index (χ1) is 7.26. The van der Waals surface area contributed by atoms with E-state index in [1.165, 1.54) is 0 Å². The lowest BCUT2D eigenvalue weighted by Crippen LogP contribution is -2.31. The first kappa shape index (κ1) is 14.9. The van der Waals surface area contributed by atoms with Crippen molar-refractivity contribution in [2.24, 2.45) is 5.92 Å². The molecule has 0 unspecified atom stereocenters. The van der Waals surface area contributed by atoms with Crippen molar-refractivity contribution < 1.29 is 4.79 Å². The molecule has 15 heavy (non-hydrogen) atoms. The average molecular weight is 278 g/mol. The number of carbonyl (C=O) groups excluding carboxylic acids is 1. The molecule has 0 aliphatic carbocycles. The zero-order valence-electron chi connectivity index (χ0n) is 10.0.